The largest absolute Gasteiger partial charge is 0.357 e. The minimum absolute atomic E-state index is 0.443. The number of likely N-dealkylation sites (N-methyl/N-ethyl adjacent to an activating group) is 1. The first-order valence-corrected chi connectivity index (χ1v) is 17.5. The van der Waals surface area contributed by atoms with Gasteiger partial charge in [0, 0.05) is 84.8 Å². The van der Waals surface area contributed by atoms with E-state index in [2.05, 4.69) is 55.5 Å². The first kappa shape index (κ1) is 29.5. The Balaban J connectivity index is 1.18. The van der Waals surface area contributed by atoms with Crippen LogP contribution in [0.5, 0.6) is 0 Å². The van der Waals surface area contributed by atoms with Gasteiger partial charge >= 0.3 is 0 Å². The number of nitrogens with one attached hydrogen (secondary N) is 1. The van der Waals surface area contributed by atoms with Crippen LogP contribution in [0.25, 0.3) is 16.9 Å². The maximum absolute atomic E-state index is 12.3. The van der Waals surface area contributed by atoms with Crippen LogP contribution >= 0.6 is 0 Å². The Bertz CT molecular complexity index is 1670. The standard InChI is InChI=1S/C31H42N10OS/c1-5-7-26-20-23-21-33-31(36-30(23)41(26)29-9-6-8-27(35-29)37-43(3,4)42)34-24-10-11-28(32-22-24)40-14-12-25(13-15-40)39-18-16-38(2)17-19-39/h6,8-11,20-22,25H,5,7,12-19H2,1-4H3,(H,33,34,36). The number of piperidine rings is 1. The van der Waals surface area contributed by atoms with Crippen LogP contribution in [0.3, 0.4) is 0 Å². The molecule has 0 aromatic carbocycles. The molecule has 11 nitrogen and oxygen atoms in total. The van der Waals surface area contributed by atoms with Gasteiger partial charge in [-0.3, -0.25) is 9.47 Å². The Hall–Kier alpha value is -3.61. The van der Waals surface area contributed by atoms with Gasteiger partial charge in [-0.1, -0.05) is 19.4 Å². The van der Waals surface area contributed by atoms with Gasteiger partial charge in [0.25, 0.3) is 0 Å². The number of hydrogen-bond donors (Lipinski definition) is 1. The lowest BCUT2D eigenvalue weighted by atomic mass is 10.0. The second kappa shape index (κ2) is 12.6. The van der Waals surface area contributed by atoms with E-state index < -0.39 is 9.73 Å². The highest BCUT2D eigenvalue weighted by atomic mass is 32.2. The molecule has 43 heavy (non-hydrogen) atoms. The quantitative estimate of drug-likeness (QED) is 0.312. The van der Waals surface area contributed by atoms with Crippen LogP contribution in [0, 0.1) is 0 Å². The summed E-state index contributed by atoms with van der Waals surface area (Å²) in [5, 5.41) is 4.27. The number of anilines is 3. The van der Waals surface area contributed by atoms with Crippen molar-refractivity contribution in [1.82, 2.24) is 34.3 Å². The third-order valence-corrected chi connectivity index (χ3v) is 8.86. The highest BCUT2D eigenvalue weighted by Gasteiger charge is 2.27. The third-order valence-electron chi connectivity index (χ3n) is 8.23. The summed E-state index contributed by atoms with van der Waals surface area (Å²) in [7, 11) is -0.119. The van der Waals surface area contributed by atoms with E-state index in [1.807, 2.05) is 35.2 Å². The van der Waals surface area contributed by atoms with E-state index in [-0.39, 0.29) is 0 Å². The maximum atomic E-state index is 12.3. The highest BCUT2D eigenvalue weighted by Crippen LogP contribution is 2.27. The number of rotatable bonds is 8. The van der Waals surface area contributed by atoms with Gasteiger partial charge in [-0.05, 0) is 56.6 Å². The Morgan fingerprint density at radius 2 is 1.74 bits per heavy atom. The smallest absolute Gasteiger partial charge is 0.229 e. The van der Waals surface area contributed by atoms with Gasteiger partial charge in [0.1, 0.15) is 11.6 Å². The summed E-state index contributed by atoms with van der Waals surface area (Å²) in [4.78, 5) is 26.5. The molecule has 2 saturated heterocycles. The molecule has 0 aliphatic carbocycles. The van der Waals surface area contributed by atoms with Gasteiger partial charge in [0.05, 0.1) is 11.9 Å². The molecule has 228 valence electrons. The van der Waals surface area contributed by atoms with Crippen LogP contribution in [0.1, 0.15) is 31.9 Å². The first-order chi connectivity index (χ1) is 20.8. The molecule has 6 heterocycles. The molecule has 0 saturated carbocycles. The maximum Gasteiger partial charge on any atom is 0.229 e. The molecule has 0 spiro atoms. The summed E-state index contributed by atoms with van der Waals surface area (Å²) < 4.78 is 18.6. The summed E-state index contributed by atoms with van der Waals surface area (Å²) in [6, 6.07) is 12.5. The topological polar surface area (TPSA) is 108 Å². The second-order valence-electron chi connectivity index (χ2n) is 11.9. The van der Waals surface area contributed by atoms with Crippen molar-refractivity contribution in [2.75, 3.05) is 69.0 Å². The number of fused-ring (bicyclic) bond motifs is 1. The average molecular weight is 603 g/mol. The van der Waals surface area contributed by atoms with Crippen molar-refractivity contribution in [3.8, 4) is 5.82 Å². The van der Waals surface area contributed by atoms with Gasteiger partial charge in [-0.15, -0.1) is 0 Å². The van der Waals surface area contributed by atoms with Gasteiger partial charge < -0.3 is 15.1 Å². The van der Waals surface area contributed by atoms with Crippen LogP contribution in [0.4, 0.5) is 23.3 Å². The zero-order valence-electron chi connectivity index (χ0n) is 25.6. The van der Waals surface area contributed by atoms with Crippen molar-refractivity contribution in [1.29, 1.82) is 0 Å². The normalized spacial score (nSPS) is 17.4. The molecule has 2 aliphatic rings. The van der Waals surface area contributed by atoms with Crippen LogP contribution in [0.15, 0.2) is 53.2 Å². The minimum atomic E-state index is -2.33. The van der Waals surface area contributed by atoms with E-state index in [4.69, 9.17) is 15.0 Å². The van der Waals surface area contributed by atoms with E-state index >= 15 is 0 Å². The van der Waals surface area contributed by atoms with Crippen molar-refractivity contribution in [2.24, 2.45) is 4.36 Å². The fourth-order valence-corrected chi connectivity index (χ4v) is 6.59. The zero-order valence-corrected chi connectivity index (χ0v) is 26.4. The molecule has 2 fully saturated rings. The third kappa shape index (κ3) is 6.97. The highest BCUT2D eigenvalue weighted by molar-refractivity contribution is 7.92. The zero-order chi connectivity index (χ0) is 30.0. The lowest BCUT2D eigenvalue weighted by Gasteiger charge is -2.42. The summed E-state index contributed by atoms with van der Waals surface area (Å²) in [5.74, 6) is 2.63. The second-order valence-corrected chi connectivity index (χ2v) is 14.5. The molecule has 0 atom stereocenters. The van der Waals surface area contributed by atoms with Gasteiger partial charge in [0.15, 0.2) is 11.5 Å². The van der Waals surface area contributed by atoms with Gasteiger partial charge in [-0.2, -0.15) is 9.35 Å². The number of aryl methyl sites for hydroxylation is 1. The van der Waals surface area contributed by atoms with Crippen molar-refractivity contribution < 1.29 is 4.21 Å². The molecular formula is C31H42N10OS. The van der Waals surface area contributed by atoms with Crippen molar-refractivity contribution >= 4 is 44.0 Å². The molecule has 4 aromatic rings. The molecule has 1 N–H and O–H groups in total. The summed E-state index contributed by atoms with van der Waals surface area (Å²) in [6.45, 7) is 8.90. The van der Waals surface area contributed by atoms with E-state index in [1.165, 1.54) is 39.0 Å². The molecule has 0 amide bonds. The van der Waals surface area contributed by atoms with Gasteiger partial charge in [0.2, 0.25) is 5.95 Å². The SMILES string of the molecule is CCCc1cc2cnc(Nc3ccc(N4CCC(N5CCN(C)CC5)CC4)nc3)nc2n1-c1cccc(N=S(C)(C)=O)n1. The predicted molar refractivity (Wildman–Crippen MR) is 175 cm³/mol. The van der Waals surface area contributed by atoms with Crippen molar-refractivity contribution in [3.63, 3.8) is 0 Å². The monoisotopic (exact) mass is 602 g/mol. The van der Waals surface area contributed by atoms with Crippen molar-refractivity contribution in [2.45, 2.75) is 38.6 Å². The fourth-order valence-electron chi connectivity index (χ4n) is 6.04. The Morgan fingerprint density at radius 1 is 0.953 bits per heavy atom. The van der Waals surface area contributed by atoms with Crippen LogP contribution in [-0.2, 0) is 16.1 Å². The molecule has 6 rings (SSSR count). The van der Waals surface area contributed by atoms with E-state index in [9.17, 15) is 4.21 Å². The summed E-state index contributed by atoms with van der Waals surface area (Å²) in [5.41, 5.74) is 2.68. The Morgan fingerprint density at radius 3 is 2.44 bits per heavy atom. The lowest BCUT2D eigenvalue weighted by molar-refractivity contribution is 0.0981. The molecule has 0 unspecified atom stereocenters. The Kier molecular flexibility index (Phi) is 8.60. The minimum Gasteiger partial charge on any atom is -0.357 e. The van der Waals surface area contributed by atoms with E-state index in [0.29, 0.717) is 23.6 Å². The number of nitrogens with zero attached hydrogens (tertiary/aromatic N) is 9. The average Bonchev–Trinajstić information content (AvgIpc) is 3.35. The van der Waals surface area contributed by atoms with E-state index in [0.717, 1.165) is 54.2 Å². The molecule has 0 radical (unpaired) electrons. The van der Waals surface area contributed by atoms with Crippen LogP contribution in [0.2, 0.25) is 0 Å². The molecule has 2 aliphatic heterocycles. The summed E-state index contributed by atoms with van der Waals surface area (Å²) >= 11 is 0. The molecule has 0 bridgehead atoms. The number of piperazine rings is 1. The van der Waals surface area contributed by atoms with Crippen LogP contribution < -0.4 is 10.2 Å². The van der Waals surface area contributed by atoms with Crippen LogP contribution in [-0.4, -0.2) is 103 Å². The van der Waals surface area contributed by atoms with Gasteiger partial charge in [-0.25, -0.2) is 19.2 Å². The predicted octanol–water partition coefficient (Wildman–Crippen LogP) is 4.48. The number of pyridine rings is 2. The lowest BCUT2D eigenvalue weighted by Crippen LogP contribution is -2.52. The molecule has 12 heteroatoms. The molecular weight excluding hydrogens is 560 g/mol. The number of hydrogen-bond acceptors (Lipinski definition) is 10. The summed E-state index contributed by atoms with van der Waals surface area (Å²) in [6.07, 6.45) is 11.1. The molecule has 4 aromatic heterocycles. The van der Waals surface area contributed by atoms with Crippen molar-refractivity contribution in [3.05, 3.63) is 54.5 Å². The first-order valence-electron chi connectivity index (χ1n) is 15.2. The number of aromatic nitrogens is 5. The Labute approximate surface area is 254 Å². The fraction of sp³-hybridized carbons (Fsp3) is 0.484. The van der Waals surface area contributed by atoms with E-state index in [1.54, 1.807) is 18.6 Å².